The summed E-state index contributed by atoms with van der Waals surface area (Å²) in [6, 6.07) is 3.72. The summed E-state index contributed by atoms with van der Waals surface area (Å²) in [6.07, 6.45) is 6.08. The first-order chi connectivity index (χ1) is 16.9. The van der Waals surface area contributed by atoms with Gasteiger partial charge in [-0.25, -0.2) is 4.39 Å². The number of imide groups is 1. The Bertz CT molecular complexity index is 1150. The normalized spacial score (nSPS) is 25.1. The highest BCUT2D eigenvalue weighted by Gasteiger charge is 2.40. The van der Waals surface area contributed by atoms with E-state index in [0.717, 1.165) is 38.6 Å². The summed E-state index contributed by atoms with van der Waals surface area (Å²) in [6.45, 7) is 7.10. The number of benzene rings is 1. The molecule has 1 aromatic heterocycles. The molecule has 1 atom stereocenters. The first-order valence-electron chi connectivity index (χ1n) is 13.1. The van der Waals surface area contributed by atoms with Crippen LogP contribution in [-0.2, 0) is 16.6 Å². The molecule has 4 fully saturated rings. The van der Waals surface area contributed by atoms with E-state index in [-0.39, 0.29) is 36.5 Å². The fourth-order valence-corrected chi connectivity index (χ4v) is 6.64. The number of aromatic nitrogens is 2. The fraction of sp³-hybridized carbons (Fsp3) is 0.654. The quantitative estimate of drug-likeness (QED) is 0.605. The van der Waals surface area contributed by atoms with Gasteiger partial charge in [-0.3, -0.25) is 24.5 Å². The van der Waals surface area contributed by atoms with Gasteiger partial charge < -0.3 is 10.2 Å². The number of anilines is 1. The number of hydrogen-bond donors (Lipinski definition) is 2. The van der Waals surface area contributed by atoms with Crippen LogP contribution < -0.4 is 15.5 Å². The summed E-state index contributed by atoms with van der Waals surface area (Å²) in [7, 11) is 1.72. The molecule has 3 aliphatic heterocycles. The summed E-state index contributed by atoms with van der Waals surface area (Å²) >= 11 is 0. The molecule has 4 aliphatic rings. The molecule has 8 nitrogen and oxygen atoms in total. The number of nitrogens with one attached hydrogen (secondary N) is 2. The maximum absolute atomic E-state index is 15.8. The molecule has 36 heavy (non-hydrogen) atoms. The van der Waals surface area contributed by atoms with Gasteiger partial charge in [0.1, 0.15) is 5.52 Å². The molecule has 10 heteroatoms. The number of halogens is 2. The van der Waals surface area contributed by atoms with Crippen molar-refractivity contribution < 1.29 is 14.0 Å². The fourth-order valence-electron chi connectivity index (χ4n) is 6.64. The largest absolute Gasteiger partial charge is 0.367 e. The molecule has 1 saturated carbocycles. The van der Waals surface area contributed by atoms with E-state index >= 15 is 4.39 Å². The van der Waals surface area contributed by atoms with Gasteiger partial charge in [0.05, 0.1) is 17.3 Å². The number of amides is 2. The maximum Gasteiger partial charge on any atom is 0.235 e. The van der Waals surface area contributed by atoms with Crippen molar-refractivity contribution in [1.29, 1.82) is 0 Å². The van der Waals surface area contributed by atoms with Crippen molar-refractivity contribution in [2.45, 2.75) is 44.4 Å². The van der Waals surface area contributed by atoms with Crippen LogP contribution in [0, 0.1) is 17.2 Å². The van der Waals surface area contributed by atoms with Crippen molar-refractivity contribution in [3.05, 3.63) is 23.6 Å². The third-order valence-corrected chi connectivity index (χ3v) is 8.92. The van der Waals surface area contributed by atoms with E-state index in [2.05, 4.69) is 25.5 Å². The SMILES string of the molecule is Cl.Cn1nc(C2CCC(=O)NC2=O)c2ccc(N3CCN(CC4CCC5(CC4)CNC5)CC3)c(F)c21. The van der Waals surface area contributed by atoms with E-state index in [1.807, 2.05) is 12.1 Å². The van der Waals surface area contributed by atoms with E-state index in [1.54, 1.807) is 7.05 Å². The molecule has 1 unspecified atom stereocenters. The number of piperazine rings is 1. The molecule has 196 valence electrons. The van der Waals surface area contributed by atoms with Gasteiger partial charge in [-0.1, -0.05) is 0 Å². The zero-order chi connectivity index (χ0) is 24.2. The van der Waals surface area contributed by atoms with Crippen LogP contribution in [0.2, 0.25) is 0 Å². The van der Waals surface area contributed by atoms with Crippen LogP contribution in [0.1, 0.15) is 50.1 Å². The third kappa shape index (κ3) is 4.50. The van der Waals surface area contributed by atoms with Gasteiger partial charge >= 0.3 is 0 Å². The van der Waals surface area contributed by atoms with Crippen molar-refractivity contribution in [3.63, 3.8) is 0 Å². The van der Waals surface area contributed by atoms with Gasteiger partial charge in [-0.05, 0) is 55.6 Å². The van der Waals surface area contributed by atoms with Crippen LogP contribution in [0.25, 0.3) is 10.9 Å². The van der Waals surface area contributed by atoms with Crippen molar-refractivity contribution in [2.24, 2.45) is 18.4 Å². The van der Waals surface area contributed by atoms with E-state index < -0.39 is 5.92 Å². The second kappa shape index (κ2) is 9.91. The van der Waals surface area contributed by atoms with Crippen molar-refractivity contribution in [1.82, 2.24) is 25.3 Å². The van der Waals surface area contributed by atoms with Crippen LogP contribution in [0.5, 0.6) is 0 Å². The summed E-state index contributed by atoms with van der Waals surface area (Å²) in [5.41, 5.74) is 2.18. The van der Waals surface area contributed by atoms with Crippen LogP contribution >= 0.6 is 12.4 Å². The standard InChI is InChI=1S/C26H35FN6O2.ClH/c1-31-24-18(23(30-31)19-3-5-21(34)29-25(19)35)2-4-20(22(24)27)33-12-10-32(11-13-33)14-17-6-8-26(9-7-17)15-28-16-26;/h2,4,17,19,28H,3,5-16H2,1H3,(H,29,34,35);1H. The van der Waals surface area contributed by atoms with Gasteiger partial charge in [0.15, 0.2) is 5.82 Å². The molecule has 2 amide bonds. The van der Waals surface area contributed by atoms with Gasteiger partial charge in [-0.15, -0.1) is 12.4 Å². The predicted octanol–water partition coefficient (Wildman–Crippen LogP) is 2.56. The lowest BCUT2D eigenvalue weighted by molar-refractivity contribution is -0.134. The molecule has 0 radical (unpaired) electrons. The highest BCUT2D eigenvalue weighted by atomic mass is 35.5. The average molecular weight is 519 g/mol. The number of carbonyl (C=O) groups is 2. The Kier molecular flexibility index (Phi) is 7.00. The van der Waals surface area contributed by atoms with Crippen LogP contribution in [0.15, 0.2) is 12.1 Å². The number of fused-ring (bicyclic) bond motifs is 1. The lowest BCUT2D eigenvalue weighted by Gasteiger charge is -2.48. The molecule has 6 rings (SSSR count). The Labute approximate surface area is 217 Å². The summed E-state index contributed by atoms with van der Waals surface area (Å²) < 4.78 is 17.3. The smallest absolute Gasteiger partial charge is 0.235 e. The maximum atomic E-state index is 15.8. The first-order valence-corrected chi connectivity index (χ1v) is 13.1. The number of hydrogen-bond acceptors (Lipinski definition) is 6. The van der Waals surface area contributed by atoms with Crippen LogP contribution in [0.4, 0.5) is 10.1 Å². The van der Waals surface area contributed by atoms with Crippen molar-refractivity contribution in [2.75, 3.05) is 50.7 Å². The Balaban J connectivity index is 0.00000267. The molecule has 3 saturated heterocycles. The zero-order valence-corrected chi connectivity index (χ0v) is 21.7. The highest BCUT2D eigenvalue weighted by molar-refractivity contribution is 6.02. The third-order valence-electron chi connectivity index (χ3n) is 8.92. The minimum absolute atomic E-state index is 0. The molecule has 1 spiro atoms. The summed E-state index contributed by atoms with van der Waals surface area (Å²) in [5, 5.41) is 11.0. The van der Waals surface area contributed by atoms with Gasteiger partial charge in [0.2, 0.25) is 11.8 Å². The van der Waals surface area contributed by atoms with Crippen LogP contribution in [0.3, 0.4) is 0 Å². The Morgan fingerprint density at radius 2 is 1.81 bits per heavy atom. The monoisotopic (exact) mass is 518 g/mol. The van der Waals surface area contributed by atoms with Crippen molar-refractivity contribution >= 4 is 40.8 Å². The molecule has 1 aromatic carbocycles. The second-order valence-electron chi connectivity index (χ2n) is 11.1. The van der Waals surface area contributed by atoms with Gasteiger partial charge in [0, 0.05) is 64.7 Å². The second-order valence-corrected chi connectivity index (χ2v) is 11.1. The Morgan fingerprint density at radius 1 is 1.08 bits per heavy atom. The molecule has 1 aliphatic carbocycles. The van der Waals surface area contributed by atoms with E-state index in [1.165, 1.54) is 43.5 Å². The van der Waals surface area contributed by atoms with Crippen molar-refractivity contribution in [3.8, 4) is 0 Å². The lowest BCUT2D eigenvalue weighted by atomic mass is 9.67. The van der Waals surface area contributed by atoms with E-state index in [9.17, 15) is 9.59 Å². The highest BCUT2D eigenvalue weighted by Crippen LogP contribution is 2.42. The first kappa shape index (κ1) is 25.4. The summed E-state index contributed by atoms with van der Waals surface area (Å²) in [4.78, 5) is 28.6. The van der Waals surface area contributed by atoms with Gasteiger partial charge in [-0.2, -0.15) is 5.10 Å². The molecule has 2 N–H and O–H groups in total. The van der Waals surface area contributed by atoms with Crippen LogP contribution in [-0.4, -0.2) is 72.3 Å². The van der Waals surface area contributed by atoms with Gasteiger partial charge in [0.25, 0.3) is 0 Å². The molecule has 0 bridgehead atoms. The molecule has 2 aromatic rings. The Hall–Kier alpha value is -2.23. The lowest BCUT2D eigenvalue weighted by Crippen LogP contribution is -2.55. The topological polar surface area (TPSA) is 82.5 Å². The number of carbonyl (C=O) groups excluding carboxylic acids is 2. The molecular formula is C26H36ClFN6O2. The number of piperidine rings is 1. The zero-order valence-electron chi connectivity index (χ0n) is 20.9. The number of nitrogens with zero attached hydrogens (tertiary/aromatic N) is 4. The van der Waals surface area contributed by atoms with E-state index in [4.69, 9.17) is 0 Å². The average Bonchev–Trinajstić information content (AvgIpc) is 3.16. The molecular weight excluding hydrogens is 483 g/mol. The number of rotatable bonds is 4. The molecule has 4 heterocycles. The predicted molar refractivity (Wildman–Crippen MR) is 139 cm³/mol. The minimum atomic E-state index is -0.527. The van der Waals surface area contributed by atoms with E-state index in [0.29, 0.717) is 34.1 Å². The minimum Gasteiger partial charge on any atom is -0.367 e. The Morgan fingerprint density at radius 3 is 2.44 bits per heavy atom. The number of aryl methyl sites for hydroxylation is 1. The summed E-state index contributed by atoms with van der Waals surface area (Å²) in [5.74, 6) is -0.626.